The van der Waals surface area contributed by atoms with E-state index in [4.69, 9.17) is 8.83 Å². The molecule has 0 spiro atoms. The third-order valence-corrected chi connectivity index (χ3v) is 16.1. The molecule has 6 nitrogen and oxygen atoms in total. The van der Waals surface area contributed by atoms with Crippen molar-refractivity contribution >= 4 is 126 Å². The summed E-state index contributed by atoms with van der Waals surface area (Å²) in [4.78, 5) is 0. The fourth-order valence-electron chi connectivity index (χ4n) is 13.0. The Labute approximate surface area is 417 Å². The smallest absolute Gasteiger partial charge is 0.178 e. The third kappa shape index (κ3) is 5.21. The van der Waals surface area contributed by atoms with Gasteiger partial charge in [0, 0.05) is 81.9 Å². The number of nitrogens with zero attached hydrogens (tertiary/aromatic N) is 4. The molecule has 16 aromatic rings. The van der Waals surface area contributed by atoms with Crippen LogP contribution in [0.2, 0.25) is 0 Å². The van der Waals surface area contributed by atoms with Crippen molar-refractivity contribution in [1.82, 2.24) is 18.3 Å². The van der Waals surface area contributed by atoms with E-state index in [1.165, 1.54) is 49.0 Å². The molecule has 0 bridgehead atoms. The summed E-state index contributed by atoms with van der Waals surface area (Å²) >= 11 is 0. The van der Waals surface area contributed by atoms with Crippen molar-refractivity contribution in [3.63, 3.8) is 0 Å². The molecule has 6 aromatic heterocycles. The van der Waals surface area contributed by atoms with Crippen LogP contribution in [-0.2, 0) is 6.42 Å². The van der Waals surface area contributed by atoms with E-state index in [0.717, 1.165) is 112 Å². The predicted molar refractivity (Wildman–Crippen MR) is 303 cm³/mol. The van der Waals surface area contributed by atoms with Crippen molar-refractivity contribution in [1.29, 1.82) is 0 Å². The van der Waals surface area contributed by atoms with Crippen LogP contribution >= 0.6 is 0 Å². The molecule has 1 aliphatic rings. The summed E-state index contributed by atoms with van der Waals surface area (Å²) in [5.74, 6) is 0.383. The lowest BCUT2D eigenvalue weighted by Crippen LogP contribution is -2.09. The van der Waals surface area contributed by atoms with E-state index in [2.05, 4.69) is 244 Å². The van der Waals surface area contributed by atoms with Crippen molar-refractivity contribution in [2.24, 2.45) is 5.92 Å². The highest BCUT2D eigenvalue weighted by Crippen LogP contribution is 2.47. The molecule has 0 amide bonds. The van der Waals surface area contributed by atoms with E-state index in [0.29, 0.717) is 5.92 Å². The molecule has 17 rings (SSSR count). The number of para-hydroxylation sites is 7. The van der Waals surface area contributed by atoms with Crippen LogP contribution in [0.1, 0.15) is 18.2 Å². The van der Waals surface area contributed by atoms with Gasteiger partial charge < -0.3 is 27.1 Å². The molecule has 73 heavy (non-hydrogen) atoms. The van der Waals surface area contributed by atoms with Gasteiger partial charge in [-0.05, 0) is 91.2 Å². The van der Waals surface area contributed by atoms with Crippen LogP contribution in [0.5, 0.6) is 0 Å². The zero-order chi connectivity index (χ0) is 47.6. The highest BCUT2D eigenvalue weighted by molar-refractivity contribution is 6.22. The summed E-state index contributed by atoms with van der Waals surface area (Å²) < 4.78 is 24.7. The van der Waals surface area contributed by atoms with Gasteiger partial charge in [0.05, 0.1) is 50.0 Å². The second-order valence-electron chi connectivity index (χ2n) is 20.1. The third-order valence-electron chi connectivity index (χ3n) is 16.1. The van der Waals surface area contributed by atoms with Crippen molar-refractivity contribution in [3.8, 4) is 22.7 Å². The molecule has 1 unspecified atom stereocenters. The summed E-state index contributed by atoms with van der Waals surface area (Å²) in [6.07, 6.45) is 5.59. The lowest BCUT2D eigenvalue weighted by Gasteiger charge is -2.18. The van der Waals surface area contributed by atoms with Crippen LogP contribution < -0.4 is 0 Å². The Morgan fingerprint density at radius 3 is 1.08 bits per heavy atom. The van der Waals surface area contributed by atoms with Crippen LogP contribution in [0.25, 0.3) is 149 Å². The largest absolute Gasteiger partial charge is 0.450 e. The summed E-state index contributed by atoms with van der Waals surface area (Å²) in [6, 6.07) is 75.2. The molecule has 0 saturated heterocycles. The van der Waals surface area contributed by atoms with E-state index in [1.54, 1.807) is 0 Å². The Hall–Kier alpha value is -9.52. The number of furan rings is 2. The van der Waals surface area contributed by atoms with Gasteiger partial charge in [0.15, 0.2) is 22.3 Å². The average Bonchev–Trinajstić information content (AvgIpc) is 4.29. The normalized spacial score (nSPS) is 14.1. The van der Waals surface area contributed by atoms with Gasteiger partial charge in [-0.15, -0.1) is 0 Å². The van der Waals surface area contributed by atoms with Gasteiger partial charge in [-0.25, -0.2) is 0 Å². The van der Waals surface area contributed by atoms with Crippen LogP contribution in [0.3, 0.4) is 0 Å². The maximum Gasteiger partial charge on any atom is 0.178 e. The van der Waals surface area contributed by atoms with Gasteiger partial charge in [-0.1, -0.05) is 146 Å². The highest BCUT2D eigenvalue weighted by atomic mass is 16.4. The Morgan fingerprint density at radius 2 is 0.671 bits per heavy atom. The first kappa shape index (κ1) is 39.2. The fourth-order valence-corrected chi connectivity index (χ4v) is 13.0. The molecular formula is C67H42N4O2. The lowest BCUT2D eigenvalue weighted by atomic mass is 9.95. The van der Waals surface area contributed by atoms with E-state index in [-0.39, 0.29) is 0 Å². The minimum atomic E-state index is 0.383. The van der Waals surface area contributed by atoms with Crippen LogP contribution in [0, 0.1) is 5.92 Å². The van der Waals surface area contributed by atoms with Gasteiger partial charge in [-0.2, -0.15) is 0 Å². The van der Waals surface area contributed by atoms with E-state index < -0.39 is 0 Å². The zero-order valence-electron chi connectivity index (χ0n) is 39.7. The number of hydrogen-bond acceptors (Lipinski definition) is 2. The summed E-state index contributed by atoms with van der Waals surface area (Å²) in [7, 11) is 0. The highest BCUT2D eigenvalue weighted by Gasteiger charge is 2.28. The first-order valence-electron chi connectivity index (χ1n) is 25.3. The quantitative estimate of drug-likeness (QED) is 0.176. The molecule has 0 N–H and O–H groups in total. The summed E-state index contributed by atoms with van der Waals surface area (Å²) in [5, 5.41) is 12.6. The molecule has 6 heteroatoms. The van der Waals surface area contributed by atoms with Gasteiger partial charge in [0.2, 0.25) is 0 Å². The van der Waals surface area contributed by atoms with Gasteiger partial charge in [-0.3, -0.25) is 0 Å². The Balaban J connectivity index is 1.02. The first-order chi connectivity index (χ1) is 36.1. The lowest BCUT2D eigenvalue weighted by molar-refractivity contribution is 0.629. The van der Waals surface area contributed by atoms with Crippen molar-refractivity contribution in [3.05, 3.63) is 224 Å². The number of benzene rings is 10. The average molecular weight is 935 g/mol. The maximum absolute atomic E-state index is 7.50. The molecule has 0 aliphatic heterocycles. The minimum absolute atomic E-state index is 0.383. The van der Waals surface area contributed by atoms with Crippen molar-refractivity contribution < 1.29 is 8.83 Å². The number of rotatable bonds is 4. The second kappa shape index (κ2) is 14.3. The maximum atomic E-state index is 7.50. The standard InChI is InChI=1S/C67H42N4O2/c1-39-30-31-49-48-22-8-15-29-60(48)71(61(49)34-39)63-38-41(69-56-25-11-4-18-44(56)45-19-5-12-26-57(45)69)36-53-51-33-32-50-52-35-40(68-54-23-9-2-16-42(54)43-17-3-10-24-55(43)68)37-62(64(52)72-66(50)67(51)73-65(53)63)70-58-27-13-6-20-46(58)47-21-7-14-28-59(47)70/h2-33,35-39H,34H2,1H3. The molecule has 342 valence electrons. The zero-order valence-corrected chi connectivity index (χ0v) is 39.7. The molecule has 10 aromatic carbocycles. The van der Waals surface area contributed by atoms with Crippen LogP contribution in [0.15, 0.2) is 221 Å². The number of fused-ring (bicyclic) bond motifs is 19. The van der Waals surface area contributed by atoms with E-state index in [1.807, 2.05) is 0 Å². The molecule has 6 heterocycles. The predicted octanol–water partition coefficient (Wildman–Crippen LogP) is 17.9. The first-order valence-corrected chi connectivity index (χ1v) is 25.3. The number of hydrogen-bond donors (Lipinski definition) is 0. The Kier molecular flexibility index (Phi) is 7.69. The molecule has 1 atom stereocenters. The Bertz CT molecular complexity index is 4940. The minimum Gasteiger partial charge on any atom is -0.450 e. The summed E-state index contributed by atoms with van der Waals surface area (Å²) in [5.41, 5.74) is 17.8. The monoisotopic (exact) mass is 934 g/mol. The summed E-state index contributed by atoms with van der Waals surface area (Å²) in [6.45, 7) is 2.31. The van der Waals surface area contributed by atoms with E-state index >= 15 is 0 Å². The molecular weight excluding hydrogens is 893 g/mol. The molecule has 0 saturated carbocycles. The molecule has 0 radical (unpaired) electrons. The second-order valence-corrected chi connectivity index (χ2v) is 20.1. The van der Waals surface area contributed by atoms with Crippen LogP contribution in [0.4, 0.5) is 0 Å². The number of allylic oxidation sites excluding steroid dienone is 1. The molecule has 0 fully saturated rings. The van der Waals surface area contributed by atoms with Crippen LogP contribution in [-0.4, -0.2) is 18.3 Å². The van der Waals surface area contributed by atoms with Gasteiger partial charge in [0.25, 0.3) is 0 Å². The topological polar surface area (TPSA) is 46.0 Å². The fraction of sp³-hybridized carbons (Fsp3) is 0.0448. The molecule has 1 aliphatic carbocycles. The van der Waals surface area contributed by atoms with Gasteiger partial charge >= 0.3 is 0 Å². The number of aromatic nitrogens is 4. The van der Waals surface area contributed by atoms with Crippen molar-refractivity contribution in [2.75, 3.05) is 0 Å². The Morgan fingerprint density at radius 1 is 0.329 bits per heavy atom. The SMILES string of the molecule is CC1C=Cc2c(n(-c3cc(-n4c5ccccc5c5ccccc54)cc4c3oc3c4ccc4c5cc(-n6c7ccccc7c7ccccc76)cc(-n6c7ccccc7c7ccccc76)c5oc43)c3ccccc23)C1. The van der Waals surface area contributed by atoms with Gasteiger partial charge in [0.1, 0.15) is 0 Å². The van der Waals surface area contributed by atoms with Crippen molar-refractivity contribution in [2.45, 2.75) is 13.3 Å². The van der Waals surface area contributed by atoms with E-state index in [9.17, 15) is 0 Å².